The van der Waals surface area contributed by atoms with Crippen LogP contribution in [0, 0.1) is 0 Å². The summed E-state index contributed by atoms with van der Waals surface area (Å²) in [4.78, 5) is 17.8. The van der Waals surface area contributed by atoms with Gasteiger partial charge in [0.15, 0.2) is 5.96 Å². The Hall–Kier alpha value is -2.25. The molecule has 0 unspecified atom stereocenters. The van der Waals surface area contributed by atoms with Gasteiger partial charge in [0, 0.05) is 39.9 Å². The molecule has 0 radical (unpaired) electrons. The fourth-order valence-electron chi connectivity index (χ4n) is 2.36. The zero-order valence-electron chi connectivity index (χ0n) is 15.2. The van der Waals surface area contributed by atoms with E-state index in [0.29, 0.717) is 13.1 Å². The molecule has 1 aromatic rings. The van der Waals surface area contributed by atoms with Crippen molar-refractivity contribution in [1.29, 1.82) is 0 Å². The molecule has 1 aliphatic rings. The zero-order chi connectivity index (χ0) is 17.7. The van der Waals surface area contributed by atoms with E-state index in [4.69, 9.17) is 4.74 Å². The molecule has 134 valence electrons. The van der Waals surface area contributed by atoms with Crippen molar-refractivity contribution in [3.05, 3.63) is 18.0 Å². The Morgan fingerprint density at radius 2 is 2.17 bits per heavy atom. The van der Waals surface area contributed by atoms with Gasteiger partial charge in [-0.2, -0.15) is 5.10 Å². The Balaban J connectivity index is 1.67. The first-order valence-corrected chi connectivity index (χ1v) is 8.19. The molecule has 1 saturated heterocycles. The van der Waals surface area contributed by atoms with Crippen LogP contribution in [0.15, 0.2) is 17.4 Å². The van der Waals surface area contributed by atoms with Gasteiger partial charge in [-0.25, -0.2) is 4.79 Å². The number of aliphatic imine (C=N–C) groups is 1. The normalized spacial score (nSPS) is 15.9. The molecule has 2 rings (SSSR count). The van der Waals surface area contributed by atoms with E-state index < -0.39 is 5.60 Å². The van der Waals surface area contributed by atoms with Gasteiger partial charge in [0.1, 0.15) is 5.60 Å². The van der Waals surface area contributed by atoms with Gasteiger partial charge in [0.2, 0.25) is 0 Å². The van der Waals surface area contributed by atoms with Crippen molar-refractivity contribution in [2.24, 2.45) is 12.0 Å². The Bertz CT molecular complexity index is 584. The van der Waals surface area contributed by atoms with E-state index in [1.807, 2.05) is 40.2 Å². The predicted molar refractivity (Wildman–Crippen MR) is 93.0 cm³/mol. The lowest BCUT2D eigenvalue weighted by molar-refractivity contribution is 0.00701. The molecule has 24 heavy (non-hydrogen) atoms. The van der Waals surface area contributed by atoms with Crippen molar-refractivity contribution in [1.82, 2.24) is 25.3 Å². The first kappa shape index (κ1) is 18.1. The van der Waals surface area contributed by atoms with Crippen molar-refractivity contribution < 1.29 is 9.53 Å². The minimum absolute atomic E-state index is 0.196. The van der Waals surface area contributed by atoms with E-state index in [1.165, 1.54) is 5.56 Å². The SMILES string of the molecule is CN=C(NCCc1cnn(C)c1)NC1CN(C(=O)OC(C)(C)C)C1. The third-order valence-corrected chi connectivity index (χ3v) is 3.56. The molecule has 0 aliphatic carbocycles. The Morgan fingerprint density at radius 1 is 1.46 bits per heavy atom. The molecule has 0 aromatic carbocycles. The van der Waals surface area contributed by atoms with Crippen LogP contribution in [0.1, 0.15) is 26.3 Å². The highest BCUT2D eigenvalue weighted by atomic mass is 16.6. The summed E-state index contributed by atoms with van der Waals surface area (Å²) in [5.41, 5.74) is 0.722. The highest BCUT2D eigenvalue weighted by Gasteiger charge is 2.34. The third kappa shape index (κ3) is 5.43. The number of aryl methyl sites for hydroxylation is 1. The second-order valence-corrected chi connectivity index (χ2v) is 7.00. The van der Waals surface area contributed by atoms with Gasteiger partial charge in [-0.3, -0.25) is 9.67 Å². The number of guanidine groups is 1. The third-order valence-electron chi connectivity index (χ3n) is 3.56. The monoisotopic (exact) mass is 336 g/mol. The second kappa shape index (κ2) is 7.55. The summed E-state index contributed by atoms with van der Waals surface area (Å²) < 4.78 is 7.14. The topological polar surface area (TPSA) is 83.8 Å². The van der Waals surface area contributed by atoms with Crippen LogP contribution in [0.25, 0.3) is 0 Å². The minimum atomic E-state index is -0.459. The van der Waals surface area contributed by atoms with Gasteiger partial charge in [-0.1, -0.05) is 0 Å². The summed E-state index contributed by atoms with van der Waals surface area (Å²) in [5.74, 6) is 0.743. The molecule has 1 aromatic heterocycles. The molecular weight excluding hydrogens is 308 g/mol. The van der Waals surface area contributed by atoms with Crippen LogP contribution in [-0.4, -0.2) is 65.1 Å². The highest BCUT2D eigenvalue weighted by molar-refractivity contribution is 5.80. The van der Waals surface area contributed by atoms with Crippen molar-refractivity contribution in [3.63, 3.8) is 0 Å². The Morgan fingerprint density at radius 3 is 2.71 bits per heavy atom. The molecule has 1 aliphatic heterocycles. The molecule has 2 heterocycles. The fraction of sp³-hybridized carbons (Fsp3) is 0.688. The average Bonchev–Trinajstić information content (AvgIpc) is 2.83. The van der Waals surface area contributed by atoms with E-state index in [-0.39, 0.29) is 12.1 Å². The molecule has 0 saturated carbocycles. The van der Waals surface area contributed by atoms with Crippen LogP contribution in [0.5, 0.6) is 0 Å². The number of nitrogens with zero attached hydrogens (tertiary/aromatic N) is 4. The van der Waals surface area contributed by atoms with Crippen molar-refractivity contribution >= 4 is 12.1 Å². The molecular formula is C16H28N6O2. The van der Waals surface area contributed by atoms with E-state index in [9.17, 15) is 4.79 Å². The molecule has 1 amide bonds. The number of ether oxygens (including phenoxy) is 1. The molecule has 8 nitrogen and oxygen atoms in total. The van der Waals surface area contributed by atoms with Crippen LogP contribution in [-0.2, 0) is 18.2 Å². The van der Waals surface area contributed by atoms with Gasteiger partial charge in [0.25, 0.3) is 0 Å². The molecule has 0 atom stereocenters. The summed E-state index contributed by atoms with van der Waals surface area (Å²) >= 11 is 0. The largest absolute Gasteiger partial charge is 0.444 e. The summed E-state index contributed by atoms with van der Waals surface area (Å²) in [6, 6.07) is 0.196. The molecule has 0 spiro atoms. The van der Waals surface area contributed by atoms with Crippen molar-refractivity contribution in [2.45, 2.75) is 38.8 Å². The van der Waals surface area contributed by atoms with E-state index in [0.717, 1.165) is 18.9 Å². The highest BCUT2D eigenvalue weighted by Crippen LogP contribution is 2.15. The number of aromatic nitrogens is 2. The smallest absolute Gasteiger partial charge is 0.410 e. The molecule has 0 bridgehead atoms. The van der Waals surface area contributed by atoms with E-state index in [2.05, 4.69) is 20.7 Å². The van der Waals surface area contributed by atoms with Crippen LogP contribution in [0.4, 0.5) is 4.79 Å². The number of carbonyl (C=O) groups is 1. The summed E-state index contributed by atoms with van der Waals surface area (Å²) in [6.45, 7) is 7.63. The first-order valence-electron chi connectivity index (χ1n) is 8.19. The number of hydrogen-bond donors (Lipinski definition) is 2. The first-order chi connectivity index (χ1) is 11.3. The average molecular weight is 336 g/mol. The van der Waals surface area contributed by atoms with Gasteiger partial charge in [0.05, 0.1) is 12.2 Å². The molecule has 2 N–H and O–H groups in total. The number of likely N-dealkylation sites (tertiary alicyclic amines) is 1. The number of carbonyl (C=O) groups excluding carboxylic acids is 1. The lowest BCUT2D eigenvalue weighted by Crippen LogP contribution is -2.63. The number of rotatable bonds is 4. The van der Waals surface area contributed by atoms with Gasteiger partial charge in [-0.15, -0.1) is 0 Å². The number of hydrogen-bond acceptors (Lipinski definition) is 4. The van der Waals surface area contributed by atoms with E-state index in [1.54, 1.807) is 16.6 Å². The number of amides is 1. The maximum atomic E-state index is 11.9. The summed E-state index contributed by atoms with van der Waals surface area (Å²) in [6.07, 6.45) is 4.48. The van der Waals surface area contributed by atoms with E-state index >= 15 is 0 Å². The van der Waals surface area contributed by atoms with Gasteiger partial charge >= 0.3 is 6.09 Å². The lowest BCUT2D eigenvalue weighted by Gasteiger charge is -2.40. The van der Waals surface area contributed by atoms with Gasteiger partial charge < -0.3 is 20.3 Å². The zero-order valence-corrected chi connectivity index (χ0v) is 15.2. The lowest BCUT2D eigenvalue weighted by atomic mass is 10.1. The van der Waals surface area contributed by atoms with Crippen LogP contribution >= 0.6 is 0 Å². The Kier molecular flexibility index (Phi) is 5.69. The van der Waals surface area contributed by atoms with Crippen molar-refractivity contribution in [3.8, 4) is 0 Å². The van der Waals surface area contributed by atoms with Crippen LogP contribution in [0.2, 0.25) is 0 Å². The second-order valence-electron chi connectivity index (χ2n) is 7.00. The molecule has 1 fully saturated rings. The summed E-state index contributed by atoms with van der Waals surface area (Å²) in [5, 5.41) is 10.7. The fourth-order valence-corrected chi connectivity index (χ4v) is 2.36. The quantitative estimate of drug-likeness (QED) is 0.626. The molecule has 8 heteroatoms. The predicted octanol–water partition coefficient (Wildman–Crippen LogP) is 0.747. The maximum Gasteiger partial charge on any atom is 0.410 e. The van der Waals surface area contributed by atoms with Crippen LogP contribution in [0.3, 0.4) is 0 Å². The van der Waals surface area contributed by atoms with Crippen molar-refractivity contribution in [2.75, 3.05) is 26.7 Å². The van der Waals surface area contributed by atoms with Gasteiger partial charge in [-0.05, 0) is 32.8 Å². The Labute approximate surface area is 143 Å². The maximum absolute atomic E-state index is 11.9. The standard InChI is InChI=1S/C16H28N6O2/c1-16(2,3)24-15(23)22-10-13(11-22)20-14(17-4)18-7-6-12-8-19-21(5)9-12/h8-9,13H,6-7,10-11H2,1-5H3,(H2,17,18,20). The number of nitrogens with one attached hydrogen (secondary N) is 2. The van der Waals surface area contributed by atoms with Crippen LogP contribution < -0.4 is 10.6 Å². The minimum Gasteiger partial charge on any atom is -0.444 e. The summed E-state index contributed by atoms with van der Waals surface area (Å²) in [7, 11) is 3.65.